The van der Waals surface area contributed by atoms with Crippen molar-refractivity contribution in [3.05, 3.63) is 52.7 Å². The zero-order chi connectivity index (χ0) is 17.1. The number of thiophene rings is 1. The molecule has 6 heteroatoms. The highest BCUT2D eigenvalue weighted by Gasteiger charge is 2.39. The molecule has 0 saturated heterocycles. The Morgan fingerprint density at radius 1 is 1.12 bits per heavy atom. The molecular weight excluding hydrogens is 350 g/mol. The van der Waals surface area contributed by atoms with Gasteiger partial charge in [-0.05, 0) is 49.3 Å². The van der Waals surface area contributed by atoms with Gasteiger partial charge < -0.3 is 5.32 Å². The van der Waals surface area contributed by atoms with Crippen LogP contribution in [0.2, 0.25) is 0 Å². The van der Waals surface area contributed by atoms with Crippen molar-refractivity contribution in [2.24, 2.45) is 9.98 Å². The molecule has 1 saturated carbocycles. The molecule has 1 amide bonds. The van der Waals surface area contributed by atoms with Gasteiger partial charge in [0.15, 0.2) is 5.66 Å². The Labute approximate surface area is 155 Å². The molecule has 0 unspecified atom stereocenters. The van der Waals surface area contributed by atoms with E-state index < -0.39 is 0 Å². The number of rotatable bonds is 4. The number of carbonyl (C=O) groups excluding carboxylic acids is 1. The fourth-order valence-corrected chi connectivity index (χ4v) is 4.86. The summed E-state index contributed by atoms with van der Waals surface area (Å²) in [4.78, 5) is 23.3. The molecule has 0 atom stereocenters. The van der Waals surface area contributed by atoms with Crippen LogP contribution in [0.1, 0.15) is 30.6 Å². The second-order valence-corrected chi connectivity index (χ2v) is 8.16. The molecule has 1 aliphatic heterocycles. The van der Waals surface area contributed by atoms with E-state index in [0.29, 0.717) is 5.75 Å². The Morgan fingerprint density at radius 3 is 2.64 bits per heavy atom. The van der Waals surface area contributed by atoms with E-state index in [9.17, 15) is 4.79 Å². The molecule has 1 aromatic carbocycles. The first kappa shape index (κ1) is 16.5. The topological polar surface area (TPSA) is 53.8 Å². The van der Waals surface area contributed by atoms with E-state index in [-0.39, 0.29) is 11.6 Å². The van der Waals surface area contributed by atoms with E-state index in [4.69, 9.17) is 9.98 Å². The summed E-state index contributed by atoms with van der Waals surface area (Å²) < 4.78 is 0. The van der Waals surface area contributed by atoms with Gasteiger partial charge in [-0.2, -0.15) is 0 Å². The lowest BCUT2D eigenvalue weighted by Crippen LogP contribution is -2.17. The Kier molecular flexibility index (Phi) is 4.72. The van der Waals surface area contributed by atoms with Crippen LogP contribution in [0, 0.1) is 0 Å². The van der Waals surface area contributed by atoms with Gasteiger partial charge in [0, 0.05) is 5.69 Å². The monoisotopic (exact) mass is 369 g/mol. The zero-order valence-corrected chi connectivity index (χ0v) is 15.4. The predicted octanol–water partition coefficient (Wildman–Crippen LogP) is 4.59. The third kappa shape index (κ3) is 3.70. The first-order valence-corrected chi connectivity index (χ1v) is 10.3. The van der Waals surface area contributed by atoms with Gasteiger partial charge in [0.05, 0.1) is 10.6 Å². The number of nitrogens with zero attached hydrogens (tertiary/aromatic N) is 2. The SMILES string of the molecule is O=C(CSC1=NC2(CCCC2)N=C1c1cccs1)Nc1ccccc1. The summed E-state index contributed by atoms with van der Waals surface area (Å²) in [6.45, 7) is 0. The quantitative estimate of drug-likeness (QED) is 0.857. The van der Waals surface area contributed by atoms with Crippen LogP contribution in [-0.2, 0) is 4.79 Å². The van der Waals surface area contributed by atoms with Crippen LogP contribution in [0.3, 0.4) is 0 Å². The molecule has 1 N–H and O–H groups in total. The Hall–Kier alpha value is -1.92. The van der Waals surface area contributed by atoms with Gasteiger partial charge in [-0.25, -0.2) is 4.99 Å². The molecule has 1 fully saturated rings. The van der Waals surface area contributed by atoms with Gasteiger partial charge in [0.1, 0.15) is 10.8 Å². The molecule has 25 heavy (non-hydrogen) atoms. The second-order valence-electron chi connectivity index (χ2n) is 6.25. The third-order valence-electron chi connectivity index (χ3n) is 4.39. The minimum atomic E-state index is -0.266. The first-order chi connectivity index (χ1) is 12.2. The minimum absolute atomic E-state index is 0.0169. The van der Waals surface area contributed by atoms with Gasteiger partial charge >= 0.3 is 0 Å². The van der Waals surface area contributed by atoms with Crippen LogP contribution in [0.25, 0.3) is 0 Å². The zero-order valence-electron chi connectivity index (χ0n) is 13.8. The predicted molar refractivity (Wildman–Crippen MR) is 107 cm³/mol. The van der Waals surface area contributed by atoms with Crippen LogP contribution in [0.4, 0.5) is 5.69 Å². The van der Waals surface area contributed by atoms with Gasteiger partial charge in [-0.1, -0.05) is 36.0 Å². The van der Waals surface area contributed by atoms with Crippen LogP contribution >= 0.6 is 23.1 Å². The Morgan fingerprint density at radius 2 is 1.92 bits per heavy atom. The average molecular weight is 370 g/mol. The second kappa shape index (κ2) is 7.14. The van der Waals surface area contributed by atoms with E-state index in [1.165, 1.54) is 24.6 Å². The lowest BCUT2D eigenvalue weighted by atomic mass is 10.1. The molecule has 0 bridgehead atoms. The van der Waals surface area contributed by atoms with Crippen molar-refractivity contribution in [1.29, 1.82) is 0 Å². The average Bonchev–Trinajstić information content (AvgIpc) is 3.36. The summed E-state index contributed by atoms with van der Waals surface area (Å²) in [6, 6.07) is 13.7. The number of aliphatic imine (C=N–C) groups is 2. The van der Waals surface area contributed by atoms with E-state index in [1.54, 1.807) is 11.3 Å². The summed E-state index contributed by atoms with van der Waals surface area (Å²) in [5, 5.41) is 5.89. The van der Waals surface area contributed by atoms with Gasteiger partial charge in [-0.3, -0.25) is 9.79 Å². The van der Waals surface area contributed by atoms with Crippen molar-refractivity contribution in [2.75, 3.05) is 11.1 Å². The highest BCUT2D eigenvalue weighted by molar-refractivity contribution is 8.16. The number of para-hydroxylation sites is 1. The molecule has 2 heterocycles. The highest BCUT2D eigenvalue weighted by atomic mass is 32.2. The van der Waals surface area contributed by atoms with E-state index in [2.05, 4.69) is 16.8 Å². The molecule has 1 spiro atoms. The van der Waals surface area contributed by atoms with Crippen LogP contribution < -0.4 is 5.32 Å². The lowest BCUT2D eigenvalue weighted by Gasteiger charge is -2.14. The highest BCUT2D eigenvalue weighted by Crippen LogP contribution is 2.40. The standard InChI is InChI=1S/C19H19N3OS2/c23-16(20-14-7-2-1-3-8-14)13-25-18-17(15-9-6-12-24-15)21-19(22-18)10-4-5-11-19/h1-3,6-9,12H,4-5,10-11,13H2,(H,20,23). The van der Waals surface area contributed by atoms with Crippen molar-refractivity contribution in [3.63, 3.8) is 0 Å². The smallest absolute Gasteiger partial charge is 0.234 e. The summed E-state index contributed by atoms with van der Waals surface area (Å²) in [5.74, 6) is 0.325. The van der Waals surface area contributed by atoms with Crippen molar-refractivity contribution in [1.82, 2.24) is 0 Å². The maximum absolute atomic E-state index is 12.3. The van der Waals surface area contributed by atoms with Crippen LogP contribution in [0.15, 0.2) is 57.8 Å². The number of amides is 1. The number of nitrogens with one attached hydrogen (secondary N) is 1. The Bertz CT molecular complexity index is 806. The van der Waals surface area contributed by atoms with E-state index in [0.717, 1.165) is 34.2 Å². The molecule has 1 aliphatic carbocycles. The van der Waals surface area contributed by atoms with E-state index >= 15 is 0 Å². The molecule has 128 valence electrons. The summed E-state index contributed by atoms with van der Waals surface area (Å²) in [6.07, 6.45) is 4.39. The minimum Gasteiger partial charge on any atom is -0.325 e. The first-order valence-electron chi connectivity index (χ1n) is 8.46. The van der Waals surface area contributed by atoms with Crippen molar-refractivity contribution >= 4 is 45.4 Å². The summed E-state index contributed by atoms with van der Waals surface area (Å²) >= 11 is 3.17. The lowest BCUT2D eigenvalue weighted by molar-refractivity contribution is -0.113. The van der Waals surface area contributed by atoms with Crippen LogP contribution in [-0.4, -0.2) is 28.1 Å². The van der Waals surface area contributed by atoms with E-state index in [1.807, 2.05) is 36.4 Å². The number of carbonyl (C=O) groups is 1. The van der Waals surface area contributed by atoms with Crippen molar-refractivity contribution in [2.45, 2.75) is 31.3 Å². The van der Waals surface area contributed by atoms with Crippen molar-refractivity contribution in [3.8, 4) is 0 Å². The number of hydrogen-bond donors (Lipinski definition) is 1. The molecule has 0 radical (unpaired) electrons. The Balaban J connectivity index is 1.46. The number of hydrogen-bond acceptors (Lipinski definition) is 5. The molecule has 4 nitrogen and oxygen atoms in total. The summed E-state index contributed by atoms with van der Waals surface area (Å²) in [5.41, 5.74) is 1.52. The molecule has 4 rings (SSSR count). The fourth-order valence-electron chi connectivity index (χ4n) is 3.21. The largest absolute Gasteiger partial charge is 0.325 e. The van der Waals surface area contributed by atoms with Crippen LogP contribution in [0.5, 0.6) is 0 Å². The number of benzene rings is 1. The maximum Gasteiger partial charge on any atom is 0.234 e. The molecule has 2 aromatic rings. The van der Waals surface area contributed by atoms with Crippen molar-refractivity contribution < 1.29 is 4.79 Å². The summed E-state index contributed by atoms with van der Waals surface area (Å²) in [7, 11) is 0. The van der Waals surface area contributed by atoms with Gasteiger partial charge in [0.25, 0.3) is 0 Å². The normalized spacial score (nSPS) is 18.2. The molecular formula is C19H19N3OS2. The fraction of sp³-hybridized carbons (Fsp3) is 0.316. The third-order valence-corrected chi connectivity index (χ3v) is 6.23. The van der Waals surface area contributed by atoms with Gasteiger partial charge in [0.2, 0.25) is 5.91 Å². The molecule has 1 aromatic heterocycles. The van der Waals surface area contributed by atoms with Gasteiger partial charge in [-0.15, -0.1) is 11.3 Å². The number of anilines is 1. The number of thioether (sulfide) groups is 1. The maximum atomic E-state index is 12.3. The molecule has 2 aliphatic rings.